The molecular formula is C11H14BrNO2. The number of ether oxygens (including phenoxy) is 1. The van der Waals surface area contributed by atoms with Crippen LogP contribution in [0.15, 0.2) is 28.7 Å². The number of halogens is 1. The van der Waals surface area contributed by atoms with Crippen LogP contribution in [0.4, 0.5) is 0 Å². The van der Waals surface area contributed by atoms with Gasteiger partial charge < -0.3 is 10.1 Å². The van der Waals surface area contributed by atoms with Gasteiger partial charge in [-0.15, -0.1) is 0 Å². The Balaban J connectivity index is 2.50. The van der Waals surface area contributed by atoms with E-state index in [4.69, 9.17) is 0 Å². The molecule has 82 valence electrons. The Hall–Kier alpha value is -0.870. The molecule has 0 saturated carbocycles. The summed E-state index contributed by atoms with van der Waals surface area (Å²) in [6, 6.07) is 7.60. The van der Waals surface area contributed by atoms with Gasteiger partial charge in [-0.05, 0) is 18.6 Å². The molecule has 15 heavy (non-hydrogen) atoms. The zero-order chi connectivity index (χ0) is 11.3. The van der Waals surface area contributed by atoms with Crippen LogP contribution in [0.5, 0.6) is 0 Å². The van der Waals surface area contributed by atoms with E-state index in [-0.39, 0.29) is 12.0 Å². The molecule has 1 N–H and O–H groups in total. The fourth-order valence-electron chi connectivity index (χ4n) is 1.16. The van der Waals surface area contributed by atoms with Gasteiger partial charge in [0.1, 0.15) is 6.04 Å². The third-order valence-electron chi connectivity index (χ3n) is 2.11. The highest BCUT2D eigenvalue weighted by Crippen LogP contribution is 2.15. The minimum atomic E-state index is -0.290. The first-order chi connectivity index (χ1) is 7.15. The van der Waals surface area contributed by atoms with E-state index in [9.17, 15) is 4.79 Å². The van der Waals surface area contributed by atoms with E-state index in [1.54, 1.807) is 6.92 Å². The SMILES string of the molecule is COC(=O)[C@H](C)NCc1ccccc1Br. The molecule has 4 heteroatoms. The van der Waals surface area contributed by atoms with Crippen LogP contribution in [0.3, 0.4) is 0 Å². The van der Waals surface area contributed by atoms with Crippen LogP contribution >= 0.6 is 15.9 Å². The van der Waals surface area contributed by atoms with Crippen molar-refractivity contribution in [2.45, 2.75) is 19.5 Å². The highest BCUT2D eigenvalue weighted by molar-refractivity contribution is 9.10. The standard InChI is InChI=1S/C11H14BrNO2/c1-8(11(14)15-2)13-7-9-5-3-4-6-10(9)12/h3-6,8,13H,7H2,1-2H3/t8-/m0/s1. The molecule has 0 fully saturated rings. The summed E-state index contributed by atoms with van der Waals surface area (Å²) in [4.78, 5) is 11.1. The van der Waals surface area contributed by atoms with Crippen molar-refractivity contribution in [3.8, 4) is 0 Å². The van der Waals surface area contributed by atoms with Gasteiger partial charge in [0.15, 0.2) is 0 Å². The first kappa shape index (κ1) is 12.2. The lowest BCUT2D eigenvalue weighted by Gasteiger charge is -2.12. The fraction of sp³-hybridized carbons (Fsp3) is 0.364. The third-order valence-corrected chi connectivity index (χ3v) is 2.88. The van der Waals surface area contributed by atoms with Crippen molar-refractivity contribution in [1.82, 2.24) is 5.32 Å². The van der Waals surface area contributed by atoms with E-state index in [0.717, 1.165) is 10.0 Å². The Kier molecular flexibility index (Phi) is 4.78. The molecule has 1 rings (SSSR count). The highest BCUT2D eigenvalue weighted by atomic mass is 79.9. The third kappa shape index (κ3) is 3.64. The second kappa shape index (κ2) is 5.88. The highest BCUT2D eigenvalue weighted by Gasteiger charge is 2.11. The lowest BCUT2D eigenvalue weighted by molar-refractivity contribution is -0.142. The largest absolute Gasteiger partial charge is 0.468 e. The summed E-state index contributed by atoms with van der Waals surface area (Å²) in [6.45, 7) is 2.42. The molecule has 0 aliphatic heterocycles. The van der Waals surface area contributed by atoms with Crippen LogP contribution in [0.2, 0.25) is 0 Å². The number of hydrogen-bond acceptors (Lipinski definition) is 3. The van der Waals surface area contributed by atoms with Gasteiger partial charge in [-0.1, -0.05) is 34.1 Å². The number of hydrogen-bond donors (Lipinski definition) is 1. The molecule has 1 atom stereocenters. The van der Waals surface area contributed by atoms with Crippen molar-refractivity contribution in [3.63, 3.8) is 0 Å². The Morgan fingerprint density at radius 3 is 2.80 bits per heavy atom. The molecule has 0 amide bonds. The fourth-order valence-corrected chi connectivity index (χ4v) is 1.59. The molecular weight excluding hydrogens is 258 g/mol. The lowest BCUT2D eigenvalue weighted by atomic mass is 10.2. The van der Waals surface area contributed by atoms with Crippen molar-refractivity contribution in [1.29, 1.82) is 0 Å². The predicted molar refractivity (Wildman–Crippen MR) is 62.5 cm³/mol. The molecule has 0 bridgehead atoms. The molecule has 0 aliphatic carbocycles. The van der Waals surface area contributed by atoms with Crippen molar-refractivity contribution in [2.75, 3.05) is 7.11 Å². The van der Waals surface area contributed by atoms with Gasteiger partial charge in [0.05, 0.1) is 7.11 Å². The minimum Gasteiger partial charge on any atom is -0.468 e. The second-order valence-corrected chi connectivity index (χ2v) is 4.07. The van der Waals surface area contributed by atoms with Crippen LogP contribution in [-0.2, 0) is 16.1 Å². The van der Waals surface area contributed by atoms with Crippen LogP contribution in [0, 0.1) is 0 Å². The number of carbonyl (C=O) groups excluding carboxylic acids is 1. The zero-order valence-electron chi connectivity index (χ0n) is 8.79. The zero-order valence-corrected chi connectivity index (χ0v) is 10.4. The van der Waals surface area contributed by atoms with E-state index in [2.05, 4.69) is 26.0 Å². The van der Waals surface area contributed by atoms with E-state index < -0.39 is 0 Å². The Morgan fingerprint density at radius 2 is 2.20 bits per heavy atom. The van der Waals surface area contributed by atoms with Crippen molar-refractivity contribution < 1.29 is 9.53 Å². The van der Waals surface area contributed by atoms with Gasteiger partial charge in [-0.3, -0.25) is 4.79 Å². The molecule has 3 nitrogen and oxygen atoms in total. The maximum atomic E-state index is 11.1. The van der Waals surface area contributed by atoms with Crippen molar-refractivity contribution in [2.24, 2.45) is 0 Å². The van der Waals surface area contributed by atoms with E-state index in [1.165, 1.54) is 7.11 Å². The van der Waals surface area contributed by atoms with Crippen LogP contribution < -0.4 is 5.32 Å². The van der Waals surface area contributed by atoms with Gasteiger partial charge in [0.25, 0.3) is 0 Å². The quantitative estimate of drug-likeness (QED) is 0.853. The summed E-state index contributed by atoms with van der Waals surface area (Å²) in [5.74, 6) is -0.248. The summed E-state index contributed by atoms with van der Waals surface area (Å²) < 4.78 is 5.65. The van der Waals surface area contributed by atoms with Gasteiger partial charge in [-0.2, -0.15) is 0 Å². The number of methoxy groups -OCH3 is 1. The molecule has 0 radical (unpaired) electrons. The molecule has 1 aromatic carbocycles. The summed E-state index contributed by atoms with van der Waals surface area (Å²) in [7, 11) is 1.39. The van der Waals surface area contributed by atoms with Crippen molar-refractivity contribution in [3.05, 3.63) is 34.3 Å². The topological polar surface area (TPSA) is 38.3 Å². The summed E-state index contributed by atoms with van der Waals surface area (Å²) in [5.41, 5.74) is 1.12. The smallest absolute Gasteiger partial charge is 0.322 e. The molecule has 0 aliphatic rings. The van der Waals surface area contributed by atoms with Gasteiger partial charge >= 0.3 is 5.97 Å². The monoisotopic (exact) mass is 271 g/mol. The van der Waals surface area contributed by atoms with E-state index in [0.29, 0.717) is 6.54 Å². The molecule has 0 spiro atoms. The lowest BCUT2D eigenvalue weighted by Crippen LogP contribution is -2.34. The van der Waals surface area contributed by atoms with Gasteiger partial charge in [0, 0.05) is 11.0 Å². The van der Waals surface area contributed by atoms with Crippen molar-refractivity contribution >= 4 is 21.9 Å². The Morgan fingerprint density at radius 1 is 1.53 bits per heavy atom. The van der Waals surface area contributed by atoms with Gasteiger partial charge in [0.2, 0.25) is 0 Å². The maximum Gasteiger partial charge on any atom is 0.322 e. The van der Waals surface area contributed by atoms with Crippen LogP contribution in [-0.4, -0.2) is 19.1 Å². The van der Waals surface area contributed by atoms with Crippen LogP contribution in [0.1, 0.15) is 12.5 Å². The van der Waals surface area contributed by atoms with Crippen LogP contribution in [0.25, 0.3) is 0 Å². The number of rotatable bonds is 4. The first-order valence-electron chi connectivity index (χ1n) is 4.69. The number of esters is 1. The summed E-state index contributed by atoms with van der Waals surface area (Å²) in [6.07, 6.45) is 0. The number of carbonyl (C=O) groups is 1. The number of benzene rings is 1. The summed E-state index contributed by atoms with van der Waals surface area (Å²) >= 11 is 3.44. The average Bonchev–Trinajstić information content (AvgIpc) is 2.26. The molecule has 0 aromatic heterocycles. The normalized spacial score (nSPS) is 12.2. The average molecular weight is 272 g/mol. The second-order valence-electron chi connectivity index (χ2n) is 3.22. The molecule has 1 aromatic rings. The minimum absolute atomic E-state index is 0.248. The van der Waals surface area contributed by atoms with Gasteiger partial charge in [-0.25, -0.2) is 0 Å². The first-order valence-corrected chi connectivity index (χ1v) is 5.49. The predicted octanol–water partition coefficient (Wildman–Crippen LogP) is 2.10. The Bertz CT molecular complexity index is 341. The number of nitrogens with one attached hydrogen (secondary N) is 1. The Labute approximate surface area is 97.9 Å². The maximum absolute atomic E-state index is 11.1. The molecule has 0 saturated heterocycles. The molecule has 0 heterocycles. The molecule has 0 unspecified atom stereocenters. The summed E-state index contributed by atoms with van der Waals surface area (Å²) in [5, 5.41) is 3.09. The van der Waals surface area contributed by atoms with E-state index in [1.807, 2.05) is 24.3 Å². The van der Waals surface area contributed by atoms with E-state index >= 15 is 0 Å².